The summed E-state index contributed by atoms with van der Waals surface area (Å²) in [5.41, 5.74) is 13.5. The van der Waals surface area contributed by atoms with Crippen LogP contribution in [0.15, 0.2) is 45.7 Å². The predicted molar refractivity (Wildman–Crippen MR) is 61.2 cm³/mol. The van der Waals surface area contributed by atoms with E-state index in [-0.39, 0.29) is 6.61 Å². The van der Waals surface area contributed by atoms with E-state index in [0.717, 1.165) is 10.0 Å². The van der Waals surface area contributed by atoms with Gasteiger partial charge in [0, 0.05) is 10.7 Å². The van der Waals surface area contributed by atoms with Gasteiger partial charge < -0.3 is 10.5 Å². The molecule has 5 heteroatoms. The summed E-state index contributed by atoms with van der Waals surface area (Å²) < 4.78 is 6.36. The van der Waals surface area contributed by atoms with Crippen molar-refractivity contribution in [3.8, 4) is 0 Å². The highest BCUT2D eigenvalue weighted by atomic mass is 79.9. The highest BCUT2D eigenvalue weighted by Gasteiger charge is 1.96. The van der Waals surface area contributed by atoms with Gasteiger partial charge in [0.1, 0.15) is 5.70 Å². The minimum atomic E-state index is 0.260. The second kappa shape index (κ2) is 6.31. The smallest absolute Gasteiger partial charge is 0.103 e. The van der Waals surface area contributed by atoms with E-state index >= 15 is 0 Å². The SMILES string of the molecule is N=N/C(=C\N)COCc1ccc(Br)cc1. The molecule has 4 nitrogen and oxygen atoms in total. The molecule has 0 aliphatic rings. The number of halogens is 1. The monoisotopic (exact) mass is 269 g/mol. The van der Waals surface area contributed by atoms with E-state index < -0.39 is 0 Å². The van der Waals surface area contributed by atoms with E-state index in [2.05, 4.69) is 21.0 Å². The third kappa shape index (κ3) is 4.22. The van der Waals surface area contributed by atoms with Crippen LogP contribution in [0.1, 0.15) is 5.56 Å². The first-order valence-corrected chi connectivity index (χ1v) is 5.16. The molecule has 0 atom stereocenters. The highest BCUT2D eigenvalue weighted by molar-refractivity contribution is 9.10. The molecule has 0 radical (unpaired) electrons. The van der Waals surface area contributed by atoms with Gasteiger partial charge in [-0.05, 0) is 17.7 Å². The maximum absolute atomic E-state index is 6.76. The van der Waals surface area contributed by atoms with E-state index in [9.17, 15) is 0 Å². The quantitative estimate of drug-likeness (QED) is 0.807. The van der Waals surface area contributed by atoms with Crippen molar-refractivity contribution >= 4 is 15.9 Å². The van der Waals surface area contributed by atoms with Gasteiger partial charge >= 0.3 is 0 Å². The maximum Gasteiger partial charge on any atom is 0.103 e. The van der Waals surface area contributed by atoms with Gasteiger partial charge in [0.25, 0.3) is 0 Å². The zero-order valence-corrected chi connectivity index (χ0v) is 9.70. The van der Waals surface area contributed by atoms with Crippen LogP contribution in [0.5, 0.6) is 0 Å². The Bertz CT molecular complexity index is 348. The molecular weight excluding hydrogens is 258 g/mol. The standard InChI is InChI=1S/C10H12BrN3O/c11-9-3-1-8(2-4-9)6-15-7-10(5-12)14-13/h1-5,13H,6-7,12H2/b10-5-,14-13?. The van der Waals surface area contributed by atoms with E-state index in [0.29, 0.717) is 12.3 Å². The Morgan fingerprint density at radius 2 is 2.13 bits per heavy atom. The van der Waals surface area contributed by atoms with E-state index in [1.54, 1.807) is 0 Å². The summed E-state index contributed by atoms with van der Waals surface area (Å²) in [5.74, 6) is 0. The molecule has 0 amide bonds. The Kier molecular flexibility index (Phi) is 5.00. The summed E-state index contributed by atoms with van der Waals surface area (Å²) in [4.78, 5) is 0. The summed E-state index contributed by atoms with van der Waals surface area (Å²) in [6.07, 6.45) is 1.27. The predicted octanol–water partition coefficient (Wildman–Crippen LogP) is 2.80. The molecule has 1 aromatic rings. The van der Waals surface area contributed by atoms with Crippen LogP contribution in [0.2, 0.25) is 0 Å². The molecule has 0 aromatic heterocycles. The Hall–Kier alpha value is -1.20. The molecule has 0 fully saturated rings. The molecule has 0 unspecified atom stereocenters. The zero-order chi connectivity index (χ0) is 11.1. The van der Waals surface area contributed by atoms with Gasteiger partial charge in [-0.25, -0.2) is 5.53 Å². The molecule has 1 aromatic carbocycles. The Morgan fingerprint density at radius 1 is 1.47 bits per heavy atom. The molecule has 80 valence electrons. The van der Waals surface area contributed by atoms with Gasteiger partial charge in [-0.1, -0.05) is 28.1 Å². The molecule has 0 saturated carbocycles. The van der Waals surface area contributed by atoms with Gasteiger partial charge in [0.15, 0.2) is 0 Å². The normalized spacial score (nSPS) is 11.4. The van der Waals surface area contributed by atoms with Gasteiger partial charge in [-0.15, -0.1) is 0 Å². The van der Waals surface area contributed by atoms with Crippen LogP contribution >= 0.6 is 15.9 Å². The molecule has 0 aliphatic carbocycles. The van der Waals surface area contributed by atoms with Crippen LogP contribution in [0.25, 0.3) is 0 Å². The molecular formula is C10H12BrN3O. The number of ether oxygens (including phenoxy) is 1. The van der Waals surface area contributed by atoms with E-state index in [4.69, 9.17) is 16.0 Å². The lowest BCUT2D eigenvalue weighted by Crippen LogP contribution is -1.99. The van der Waals surface area contributed by atoms with Crippen molar-refractivity contribution in [3.05, 3.63) is 46.2 Å². The first-order valence-electron chi connectivity index (χ1n) is 4.36. The second-order valence-electron chi connectivity index (χ2n) is 2.89. The molecule has 15 heavy (non-hydrogen) atoms. The van der Waals surface area contributed by atoms with Gasteiger partial charge in [-0.2, -0.15) is 5.11 Å². The van der Waals surface area contributed by atoms with Crippen LogP contribution in [-0.2, 0) is 11.3 Å². The maximum atomic E-state index is 6.76. The summed E-state index contributed by atoms with van der Waals surface area (Å²) in [6.45, 7) is 0.746. The average Bonchev–Trinajstić information content (AvgIpc) is 2.27. The first kappa shape index (κ1) is 11.9. The fourth-order valence-corrected chi connectivity index (χ4v) is 1.24. The number of hydrogen-bond donors (Lipinski definition) is 2. The summed E-state index contributed by atoms with van der Waals surface area (Å²) >= 11 is 3.35. The number of nitrogens with two attached hydrogens (primary N) is 1. The molecule has 1 rings (SSSR count). The summed E-state index contributed by atoms with van der Waals surface area (Å²) in [5, 5.41) is 3.21. The number of benzene rings is 1. The fraction of sp³-hybridized carbons (Fsp3) is 0.200. The third-order valence-corrected chi connectivity index (χ3v) is 2.30. The first-order chi connectivity index (χ1) is 7.26. The lowest BCUT2D eigenvalue weighted by molar-refractivity contribution is 0.141. The third-order valence-electron chi connectivity index (χ3n) is 1.77. The van der Waals surface area contributed by atoms with Crippen LogP contribution in [0.4, 0.5) is 0 Å². The van der Waals surface area contributed by atoms with Gasteiger partial charge in [0.05, 0.1) is 13.2 Å². The minimum Gasteiger partial charge on any atom is -0.403 e. The Morgan fingerprint density at radius 3 is 2.67 bits per heavy atom. The fourth-order valence-electron chi connectivity index (χ4n) is 0.972. The van der Waals surface area contributed by atoms with Crippen molar-refractivity contribution in [2.75, 3.05) is 6.61 Å². The van der Waals surface area contributed by atoms with Crippen molar-refractivity contribution in [1.82, 2.24) is 0 Å². The van der Waals surface area contributed by atoms with Crippen molar-refractivity contribution < 1.29 is 4.74 Å². The molecule has 0 saturated heterocycles. The Balaban J connectivity index is 2.38. The molecule has 0 bridgehead atoms. The van der Waals surface area contributed by atoms with Crippen LogP contribution in [0, 0.1) is 5.53 Å². The Labute approximate surface area is 96.8 Å². The lowest BCUT2D eigenvalue weighted by atomic mass is 10.2. The van der Waals surface area contributed by atoms with Gasteiger partial charge in [-0.3, -0.25) is 0 Å². The summed E-state index contributed by atoms with van der Waals surface area (Å²) in [7, 11) is 0. The molecule has 0 spiro atoms. The van der Waals surface area contributed by atoms with Crippen molar-refractivity contribution in [3.63, 3.8) is 0 Å². The second-order valence-corrected chi connectivity index (χ2v) is 3.80. The topological polar surface area (TPSA) is 71.5 Å². The van der Waals surface area contributed by atoms with E-state index in [1.807, 2.05) is 24.3 Å². The molecule has 3 N–H and O–H groups in total. The largest absolute Gasteiger partial charge is 0.403 e. The van der Waals surface area contributed by atoms with Gasteiger partial charge in [0.2, 0.25) is 0 Å². The van der Waals surface area contributed by atoms with Crippen LogP contribution in [-0.4, -0.2) is 6.61 Å². The number of nitrogens with one attached hydrogen (secondary N) is 1. The number of rotatable bonds is 5. The lowest BCUT2D eigenvalue weighted by Gasteiger charge is -2.03. The van der Waals surface area contributed by atoms with Crippen LogP contribution in [0.3, 0.4) is 0 Å². The van der Waals surface area contributed by atoms with Crippen molar-refractivity contribution in [2.24, 2.45) is 10.8 Å². The van der Waals surface area contributed by atoms with E-state index in [1.165, 1.54) is 6.20 Å². The number of nitrogens with zero attached hydrogens (tertiary/aromatic N) is 1. The number of hydrogen-bond acceptors (Lipinski definition) is 4. The van der Waals surface area contributed by atoms with Crippen molar-refractivity contribution in [2.45, 2.75) is 6.61 Å². The average molecular weight is 270 g/mol. The van der Waals surface area contributed by atoms with Crippen LogP contribution < -0.4 is 5.73 Å². The summed E-state index contributed by atoms with van der Waals surface area (Å²) in [6, 6.07) is 7.84. The zero-order valence-electron chi connectivity index (χ0n) is 8.11. The van der Waals surface area contributed by atoms with Crippen molar-refractivity contribution in [1.29, 1.82) is 5.53 Å². The molecule has 0 heterocycles. The minimum absolute atomic E-state index is 0.260. The highest BCUT2D eigenvalue weighted by Crippen LogP contribution is 2.11. The molecule has 0 aliphatic heterocycles.